The van der Waals surface area contributed by atoms with Crippen LogP contribution in [0.15, 0.2) is 42.5 Å². The van der Waals surface area contributed by atoms with Crippen LogP contribution in [0.3, 0.4) is 0 Å². The summed E-state index contributed by atoms with van der Waals surface area (Å²) in [4.78, 5) is 16.1. The van der Waals surface area contributed by atoms with Crippen LogP contribution in [0.5, 0.6) is 17.2 Å². The quantitative estimate of drug-likeness (QED) is 0.687. The molecule has 0 radical (unpaired) electrons. The lowest BCUT2D eigenvalue weighted by molar-refractivity contribution is -0.274. The molecule has 0 fully saturated rings. The van der Waals surface area contributed by atoms with Gasteiger partial charge in [-0.05, 0) is 36.4 Å². The number of aromatic nitrogens is 1. The van der Waals surface area contributed by atoms with Crippen molar-refractivity contribution in [2.24, 2.45) is 0 Å². The van der Waals surface area contributed by atoms with Gasteiger partial charge in [-0.3, -0.25) is 0 Å². The first kappa shape index (κ1) is 19.3. The molecule has 1 aromatic heterocycles. The van der Waals surface area contributed by atoms with E-state index in [1.807, 2.05) is 0 Å². The summed E-state index contributed by atoms with van der Waals surface area (Å²) < 4.78 is 51.1. The monoisotopic (exact) mass is 393 g/mol. The van der Waals surface area contributed by atoms with E-state index in [4.69, 9.17) is 9.47 Å². The highest BCUT2D eigenvalue weighted by molar-refractivity contribution is 6.04. The van der Waals surface area contributed by atoms with Gasteiger partial charge in [0.2, 0.25) is 0 Å². The van der Waals surface area contributed by atoms with Crippen molar-refractivity contribution >= 4 is 16.9 Å². The highest BCUT2D eigenvalue weighted by atomic mass is 19.4. The molecule has 0 bridgehead atoms. The van der Waals surface area contributed by atoms with E-state index in [2.05, 4.69) is 9.72 Å². The van der Waals surface area contributed by atoms with Crippen LogP contribution in [0, 0.1) is 0 Å². The summed E-state index contributed by atoms with van der Waals surface area (Å²) in [7, 11) is 2.86. The van der Waals surface area contributed by atoms with Gasteiger partial charge in [0, 0.05) is 17.0 Å². The number of rotatable bonds is 5. The third-order valence-corrected chi connectivity index (χ3v) is 3.93. The van der Waals surface area contributed by atoms with E-state index in [1.54, 1.807) is 0 Å². The Labute approximate surface area is 157 Å². The molecule has 2 aromatic carbocycles. The fourth-order valence-electron chi connectivity index (χ4n) is 2.71. The van der Waals surface area contributed by atoms with Crippen LogP contribution in [-0.4, -0.2) is 36.6 Å². The molecule has 1 heterocycles. The summed E-state index contributed by atoms with van der Waals surface area (Å²) >= 11 is 0. The van der Waals surface area contributed by atoms with Crippen LogP contribution in [0.2, 0.25) is 0 Å². The van der Waals surface area contributed by atoms with Crippen molar-refractivity contribution in [3.05, 3.63) is 48.0 Å². The Kier molecular flexibility index (Phi) is 5.00. The second-order valence-corrected chi connectivity index (χ2v) is 5.66. The molecule has 0 amide bonds. The predicted molar refractivity (Wildman–Crippen MR) is 93.9 cm³/mol. The van der Waals surface area contributed by atoms with Gasteiger partial charge in [0.1, 0.15) is 5.75 Å². The maximum atomic E-state index is 12.3. The van der Waals surface area contributed by atoms with Gasteiger partial charge in [0.05, 0.1) is 31.0 Å². The van der Waals surface area contributed by atoms with Crippen molar-refractivity contribution in [3.8, 4) is 28.5 Å². The highest BCUT2D eigenvalue weighted by Gasteiger charge is 2.31. The number of nitrogens with zero attached hydrogens (tertiary/aromatic N) is 1. The van der Waals surface area contributed by atoms with Crippen LogP contribution in [0.1, 0.15) is 10.4 Å². The number of fused-ring (bicyclic) bond motifs is 1. The minimum Gasteiger partial charge on any atom is -0.493 e. The summed E-state index contributed by atoms with van der Waals surface area (Å²) in [5.74, 6) is -0.856. The van der Waals surface area contributed by atoms with Crippen molar-refractivity contribution in [2.45, 2.75) is 6.36 Å². The molecule has 6 nitrogen and oxygen atoms in total. The van der Waals surface area contributed by atoms with E-state index in [9.17, 15) is 23.1 Å². The molecule has 28 heavy (non-hydrogen) atoms. The van der Waals surface area contributed by atoms with Gasteiger partial charge in [-0.25, -0.2) is 9.78 Å². The summed E-state index contributed by atoms with van der Waals surface area (Å²) in [5.41, 5.74) is 1.00. The van der Waals surface area contributed by atoms with E-state index in [1.165, 1.54) is 44.6 Å². The molecule has 0 saturated heterocycles. The van der Waals surface area contributed by atoms with Gasteiger partial charge in [-0.2, -0.15) is 0 Å². The number of ether oxygens (including phenoxy) is 3. The molecule has 3 rings (SSSR count). The number of carboxylic acid groups (broad SMARTS) is 1. The maximum absolute atomic E-state index is 12.3. The number of halogens is 3. The van der Waals surface area contributed by atoms with Crippen molar-refractivity contribution in [1.29, 1.82) is 0 Å². The number of aromatic carboxylic acids is 1. The number of benzene rings is 2. The molecule has 0 saturated carbocycles. The molecule has 0 aliphatic heterocycles. The van der Waals surface area contributed by atoms with Crippen molar-refractivity contribution in [3.63, 3.8) is 0 Å². The third kappa shape index (κ3) is 3.93. The van der Waals surface area contributed by atoms with Gasteiger partial charge >= 0.3 is 12.3 Å². The SMILES string of the molecule is COc1cc2nc(-c3ccc(OC(F)(F)F)cc3)cc(C(=O)O)c2cc1OC. The molecular formula is C19H14F3NO5. The Morgan fingerprint density at radius 3 is 2.14 bits per heavy atom. The third-order valence-electron chi connectivity index (χ3n) is 3.93. The number of alkyl halides is 3. The summed E-state index contributed by atoms with van der Waals surface area (Å²) in [6.07, 6.45) is -4.80. The van der Waals surface area contributed by atoms with Crippen LogP contribution < -0.4 is 14.2 Å². The Balaban J connectivity index is 2.12. The fraction of sp³-hybridized carbons (Fsp3) is 0.158. The molecule has 0 unspecified atom stereocenters. The van der Waals surface area contributed by atoms with Crippen LogP contribution in [0.25, 0.3) is 22.2 Å². The standard InChI is InChI=1S/C19H14F3NO5/c1-26-16-8-12-13(18(24)25)7-14(23-15(12)9-17(16)27-2)10-3-5-11(6-4-10)28-19(20,21)22/h3-9H,1-2H3,(H,24,25). The lowest BCUT2D eigenvalue weighted by Gasteiger charge is -2.12. The summed E-state index contributed by atoms with van der Waals surface area (Å²) in [6, 6.07) is 9.37. The van der Waals surface area contributed by atoms with E-state index in [0.29, 0.717) is 28.0 Å². The highest BCUT2D eigenvalue weighted by Crippen LogP contribution is 2.35. The molecule has 0 aliphatic carbocycles. The lowest BCUT2D eigenvalue weighted by Crippen LogP contribution is -2.16. The number of pyridine rings is 1. The number of hydrogen-bond acceptors (Lipinski definition) is 5. The van der Waals surface area contributed by atoms with Gasteiger partial charge < -0.3 is 19.3 Å². The summed E-state index contributed by atoms with van der Waals surface area (Å²) in [6.45, 7) is 0. The maximum Gasteiger partial charge on any atom is 0.573 e. The molecule has 9 heteroatoms. The minimum absolute atomic E-state index is 0.0310. The van der Waals surface area contributed by atoms with E-state index >= 15 is 0 Å². The minimum atomic E-state index is -4.80. The first-order valence-electron chi connectivity index (χ1n) is 7.88. The first-order valence-corrected chi connectivity index (χ1v) is 7.88. The normalized spacial score (nSPS) is 11.3. The largest absolute Gasteiger partial charge is 0.573 e. The first-order chi connectivity index (χ1) is 13.2. The fourth-order valence-corrected chi connectivity index (χ4v) is 2.71. The molecule has 0 aliphatic rings. The topological polar surface area (TPSA) is 77.9 Å². The van der Waals surface area contributed by atoms with Crippen molar-refractivity contribution in [1.82, 2.24) is 4.98 Å². The lowest BCUT2D eigenvalue weighted by atomic mass is 10.0. The number of hydrogen-bond donors (Lipinski definition) is 1. The molecule has 146 valence electrons. The predicted octanol–water partition coefficient (Wildman–Crippen LogP) is 4.52. The molecular weight excluding hydrogens is 379 g/mol. The Bertz CT molecular complexity index is 1030. The molecule has 3 aromatic rings. The Morgan fingerprint density at radius 2 is 1.61 bits per heavy atom. The number of carbonyl (C=O) groups is 1. The van der Waals surface area contributed by atoms with Crippen molar-refractivity contribution < 1.29 is 37.3 Å². The average Bonchev–Trinajstić information content (AvgIpc) is 2.65. The van der Waals surface area contributed by atoms with E-state index in [0.717, 1.165) is 12.1 Å². The molecule has 0 atom stereocenters. The van der Waals surface area contributed by atoms with Gasteiger partial charge in [0.25, 0.3) is 0 Å². The van der Waals surface area contributed by atoms with E-state index < -0.39 is 12.3 Å². The zero-order chi connectivity index (χ0) is 20.5. The van der Waals surface area contributed by atoms with Gasteiger partial charge in [-0.1, -0.05) is 0 Å². The summed E-state index contributed by atoms with van der Waals surface area (Å²) in [5, 5.41) is 9.91. The second-order valence-electron chi connectivity index (χ2n) is 5.66. The van der Waals surface area contributed by atoms with Gasteiger partial charge in [-0.15, -0.1) is 13.2 Å². The molecule has 0 spiro atoms. The zero-order valence-corrected chi connectivity index (χ0v) is 14.7. The van der Waals surface area contributed by atoms with Crippen LogP contribution >= 0.6 is 0 Å². The van der Waals surface area contributed by atoms with Crippen LogP contribution in [-0.2, 0) is 0 Å². The number of methoxy groups -OCH3 is 2. The number of carboxylic acids is 1. The smallest absolute Gasteiger partial charge is 0.493 e. The Hall–Kier alpha value is -3.49. The van der Waals surface area contributed by atoms with Crippen molar-refractivity contribution in [2.75, 3.05) is 14.2 Å². The second kappa shape index (κ2) is 7.26. The Morgan fingerprint density at radius 1 is 1.00 bits per heavy atom. The average molecular weight is 393 g/mol. The van der Waals surface area contributed by atoms with Gasteiger partial charge in [0.15, 0.2) is 11.5 Å². The zero-order valence-electron chi connectivity index (χ0n) is 14.7. The van der Waals surface area contributed by atoms with E-state index in [-0.39, 0.29) is 17.0 Å². The van der Waals surface area contributed by atoms with Crippen LogP contribution in [0.4, 0.5) is 13.2 Å². The molecule has 1 N–H and O–H groups in total.